The molecule has 0 saturated heterocycles. The van der Waals surface area contributed by atoms with E-state index < -0.39 is 34.6 Å². The number of fused-ring (bicyclic) bond motifs is 1. The number of alkyl halides is 3. The Hall–Kier alpha value is -3.95. The summed E-state index contributed by atoms with van der Waals surface area (Å²) in [6.07, 6.45) is -2.24. The highest BCUT2D eigenvalue weighted by Crippen LogP contribution is 2.33. The third kappa shape index (κ3) is 3.95. The van der Waals surface area contributed by atoms with Gasteiger partial charge in [0.1, 0.15) is 5.76 Å². The van der Waals surface area contributed by atoms with Crippen molar-refractivity contribution in [3.63, 3.8) is 0 Å². The molecule has 1 heterocycles. The molecule has 4 rings (SSSR count). The molecule has 0 N–H and O–H groups in total. The molecule has 34 heavy (non-hydrogen) atoms. The van der Waals surface area contributed by atoms with Gasteiger partial charge < -0.3 is 4.74 Å². The highest BCUT2D eigenvalue weighted by Gasteiger charge is 2.35. The predicted octanol–water partition coefficient (Wildman–Crippen LogP) is 3.81. The lowest BCUT2D eigenvalue weighted by molar-refractivity contribution is -0.137. The second-order valence-electron chi connectivity index (χ2n) is 7.95. The number of ketones is 1. The SMILES string of the molecule is Cc1c(C(=O)OC2=CC(=O)CCC2)ccc2c1c(=O)n(-c1ccccc1C(F)(F)F)c(=O)n2C. The van der Waals surface area contributed by atoms with Crippen molar-refractivity contribution in [3.8, 4) is 5.69 Å². The first-order chi connectivity index (χ1) is 16.0. The summed E-state index contributed by atoms with van der Waals surface area (Å²) in [7, 11) is 1.33. The highest BCUT2D eigenvalue weighted by atomic mass is 19.4. The number of para-hydroxylation sites is 1. The fraction of sp³-hybridized carbons (Fsp3) is 0.250. The van der Waals surface area contributed by atoms with Crippen LogP contribution in [0.5, 0.6) is 0 Å². The summed E-state index contributed by atoms with van der Waals surface area (Å²) in [5.74, 6) is -0.765. The molecule has 3 aromatic rings. The Balaban J connectivity index is 1.93. The molecule has 176 valence electrons. The number of rotatable bonds is 3. The van der Waals surface area contributed by atoms with Crippen molar-refractivity contribution in [3.05, 3.63) is 85.8 Å². The molecule has 10 heteroatoms. The number of aromatic nitrogens is 2. The van der Waals surface area contributed by atoms with E-state index in [1.165, 1.54) is 38.2 Å². The van der Waals surface area contributed by atoms with Crippen LogP contribution in [0.15, 0.2) is 57.8 Å². The van der Waals surface area contributed by atoms with Gasteiger partial charge in [0.25, 0.3) is 5.56 Å². The van der Waals surface area contributed by atoms with Crippen molar-refractivity contribution in [1.29, 1.82) is 0 Å². The maximum absolute atomic E-state index is 13.6. The summed E-state index contributed by atoms with van der Waals surface area (Å²) < 4.78 is 47.6. The summed E-state index contributed by atoms with van der Waals surface area (Å²) >= 11 is 0. The lowest BCUT2D eigenvalue weighted by atomic mass is 10.0. The number of ether oxygens (including phenoxy) is 1. The van der Waals surface area contributed by atoms with E-state index in [0.29, 0.717) is 23.8 Å². The molecule has 2 aromatic carbocycles. The Morgan fingerprint density at radius 2 is 1.74 bits per heavy atom. The first-order valence-corrected chi connectivity index (χ1v) is 10.4. The molecule has 1 aliphatic rings. The van der Waals surface area contributed by atoms with Gasteiger partial charge in [0.05, 0.1) is 27.7 Å². The molecule has 0 fully saturated rings. The number of nitrogens with zero attached hydrogens (tertiary/aromatic N) is 2. The van der Waals surface area contributed by atoms with E-state index in [2.05, 4.69) is 0 Å². The van der Waals surface area contributed by atoms with Crippen LogP contribution < -0.4 is 11.2 Å². The Labute approximate surface area is 190 Å². The second kappa shape index (κ2) is 8.44. The van der Waals surface area contributed by atoms with Crippen LogP contribution in [0, 0.1) is 6.92 Å². The molecule has 1 aliphatic carbocycles. The van der Waals surface area contributed by atoms with Crippen LogP contribution in [0.2, 0.25) is 0 Å². The van der Waals surface area contributed by atoms with Crippen LogP contribution in [0.4, 0.5) is 13.2 Å². The van der Waals surface area contributed by atoms with Gasteiger partial charge >= 0.3 is 17.8 Å². The van der Waals surface area contributed by atoms with Gasteiger partial charge in [0, 0.05) is 26.0 Å². The molecule has 0 bridgehead atoms. The third-order valence-corrected chi connectivity index (χ3v) is 5.76. The van der Waals surface area contributed by atoms with Crippen LogP contribution in [-0.4, -0.2) is 20.9 Å². The predicted molar refractivity (Wildman–Crippen MR) is 117 cm³/mol. The topological polar surface area (TPSA) is 87.4 Å². The molecule has 0 saturated carbocycles. The fourth-order valence-corrected chi connectivity index (χ4v) is 4.06. The van der Waals surface area contributed by atoms with E-state index in [1.54, 1.807) is 0 Å². The standard InChI is InChI=1S/C24H19F3N2O5/c1-13-16(22(32)34-15-7-5-6-14(30)12-15)10-11-19-20(13)21(31)29(23(33)28(19)2)18-9-4-3-8-17(18)24(25,26)27/h3-4,8-12H,5-7H2,1-2H3. The maximum Gasteiger partial charge on any atom is 0.418 e. The van der Waals surface area contributed by atoms with Gasteiger partial charge in [0.15, 0.2) is 5.78 Å². The second-order valence-corrected chi connectivity index (χ2v) is 7.95. The van der Waals surface area contributed by atoms with E-state index in [-0.39, 0.29) is 33.6 Å². The normalized spacial score (nSPS) is 14.3. The fourth-order valence-electron chi connectivity index (χ4n) is 4.06. The monoisotopic (exact) mass is 472 g/mol. The van der Waals surface area contributed by atoms with Crippen LogP contribution >= 0.6 is 0 Å². The summed E-state index contributed by atoms with van der Waals surface area (Å²) in [6, 6.07) is 7.01. The van der Waals surface area contributed by atoms with E-state index in [1.807, 2.05) is 0 Å². The number of esters is 1. The van der Waals surface area contributed by atoms with Gasteiger partial charge in [-0.2, -0.15) is 13.2 Å². The average Bonchev–Trinajstić information content (AvgIpc) is 2.77. The van der Waals surface area contributed by atoms with E-state index in [4.69, 9.17) is 4.74 Å². The lowest BCUT2D eigenvalue weighted by Crippen LogP contribution is -2.39. The van der Waals surface area contributed by atoms with E-state index in [9.17, 15) is 32.3 Å². The minimum absolute atomic E-state index is 0.00201. The molecule has 0 radical (unpaired) electrons. The zero-order chi connectivity index (χ0) is 24.8. The van der Waals surface area contributed by atoms with Gasteiger partial charge in [-0.15, -0.1) is 0 Å². The van der Waals surface area contributed by atoms with Crippen molar-refractivity contribution in [1.82, 2.24) is 9.13 Å². The Morgan fingerprint density at radius 3 is 2.41 bits per heavy atom. The summed E-state index contributed by atoms with van der Waals surface area (Å²) in [4.78, 5) is 50.7. The molecule has 0 atom stereocenters. The van der Waals surface area contributed by atoms with Gasteiger partial charge in [-0.1, -0.05) is 12.1 Å². The zero-order valence-corrected chi connectivity index (χ0v) is 18.2. The minimum atomic E-state index is -4.80. The highest BCUT2D eigenvalue weighted by molar-refractivity contribution is 5.98. The van der Waals surface area contributed by atoms with Crippen molar-refractivity contribution in [2.75, 3.05) is 0 Å². The zero-order valence-electron chi connectivity index (χ0n) is 18.2. The number of hydrogen-bond acceptors (Lipinski definition) is 5. The number of carbonyl (C=O) groups excluding carboxylic acids is 2. The molecule has 1 aromatic heterocycles. The molecule has 0 spiro atoms. The van der Waals surface area contributed by atoms with Crippen molar-refractivity contribution >= 4 is 22.7 Å². The molecule has 0 unspecified atom stereocenters. The van der Waals surface area contributed by atoms with Gasteiger partial charge in [0.2, 0.25) is 0 Å². The first-order valence-electron chi connectivity index (χ1n) is 10.4. The molecule has 7 nitrogen and oxygen atoms in total. The summed E-state index contributed by atoms with van der Waals surface area (Å²) in [5.41, 5.74) is -3.42. The number of halogens is 3. The third-order valence-electron chi connectivity index (χ3n) is 5.76. The number of carbonyl (C=O) groups is 2. The average molecular weight is 472 g/mol. The maximum atomic E-state index is 13.6. The number of hydrogen-bond donors (Lipinski definition) is 0. The minimum Gasteiger partial charge on any atom is -0.427 e. The van der Waals surface area contributed by atoms with Crippen LogP contribution in [0.1, 0.15) is 40.7 Å². The Bertz CT molecular complexity index is 1500. The van der Waals surface area contributed by atoms with Crippen LogP contribution in [0.25, 0.3) is 16.6 Å². The van der Waals surface area contributed by atoms with Crippen LogP contribution in [-0.2, 0) is 22.8 Å². The summed E-state index contributed by atoms with van der Waals surface area (Å²) in [5, 5.41) is -0.0952. The number of allylic oxidation sites excluding steroid dienone is 2. The van der Waals surface area contributed by atoms with Crippen LogP contribution in [0.3, 0.4) is 0 Å². The molecule has 0 amide bonds. The Morgan fingerprint density at radius 1 is 1.03 bits per heavy atom. The molecular weight excluding hydrogens is 453 g/mol. The van der Waals surface area contributed by atoms with E-state index in [0.717, 1.165) is 22.8 Å². The summed E-state index contributed by atoms with van der Waals surface area (Å²) in [6.45, 7) is 1.45. The van der Waals surface area contributed by atoms with Gasteiger partial charge in [-0.3, -0.25) is 14.2 Å². The lowest BCUT2D eigenvalue weighted by Gasteiger charge is -2.17. The van der Waals surface area contributed by atoms with E-state index >= 15 is 0 Å². The van der Waals surface area contributed by atoms with Crippen molar-refractivity contribution in [2.45, 2.75) is 32.4 Å². The molecular formula is C24H19F3N2O5. The number of aryl methyl sites for hydroxylation is 2. The van der Waals surface area contributed by atoms with Crippen molar-refractivity contribution < 1.29 is 27.5 Å². The smallest absolute Gasteiger partial charge is 0.418 e. The largest absolute Gasteiger partial charge is 0.427 e. The van der Waals surface area contributed by atoms with Gasteiger partial charge in [-0.25, -0.2) is 14.2 Å². The quantitative estimate of drug-likeness (QED) is 0.541. The van der Waals surface area contributed by atoms with Gasteiger partial charge in [-0.05, 0) is 43.2 Å². The number of benzene rings is 2. The molecule has 0 aliphatic heterocycles. The first kappa shape index (κ1) is 23.2. The van der Waals surface area contributed by atoms with Crippen molar-refractivity contribution in [2.24, 2.45) is 7.05 Å². The Kier molecular flexibility index (Phi) is 5.76.